The van der Waals surface area contributed by atoms with Crippen molar-refractivity contribution < 1.29 is 19.1 Å². The molecule has 0 saturated carbocycles. The molecule has 1 unspecified atom stereocenters. The first kappa shape index (κ1) is 22.4. The molecular formula is C23H30N2O4. The number of nitrogens with zero attached hydrogens (tertiary/aromatic N) is 2. The Hall–Kier alpha value is -2.89. The van der Waals surface area contributed by atoms with Gasteiger partial charge in [-0.2, -0.15) is 0 Å². The van der Waals surface area contributed by atoms with E-state index >= 15 is 0 Å². The highest BCUT2D eigenvalue weighted by molar-refractivity contribution is 6.07. The van der Waals surface area contributed by atoms with Crippen LogP contribution in [0.3, 0.4) is 0 Å². The molecule has 29 heavy (non-hydrogen) atoms. The Balaban J connectivity index is 2.44. The Bertz CT molecular complexity index is 925. The number of hydrogen-bond acceptors (Lipinski definition) is 4. The maximum absolute atomic E-state index is 13.4. The molecule has 0 aliphatic rings. The highest BCUT2D eigenvalue weighted by Gasteiger charge is 2.32. The number of Topliss-reactive ketones (excluding diaryl/α,β-unsaturated/α-hetero) is 1. The van der Waals surface area contributed by atoms with Gasteiger partial charge in [-0.3, -0.25) is 9.59 Å². The SMILES string of the molecule is CCCN(C(=O)c1ccc(C)cc1)C(C)C(=O)c1c(C)c(C(=O)OC)n(C)c1C. The third-order valence-electron chi connectivity index (χ3n) is 5.43. The van der Waals surface area contributed by atoms with Gasteiger partial charge in [-0.25, -0.2) is 4.79 Å². The number of carbonyl (C=O) groups is 3. The van der Waals surface area contributed by atoms with Crippen molar-refractivity contribution in [2.45, 2.75) is 47.1 Å². The predicted octanol–water partition coefficient (Wildman–Crippen LogP) is 3.86. The van der Waals surface area contributed by atoms with Crippen molar-refractivity contribution in [1.29, 1.82) is 0 Å². The van der Waals surface area contributed by atoms with Crippen molar-refractivity contribution in [2.75, 3.05) is 13.7 Å². The van der Waals surface area contributed by atoms with Gasteiger partial charge < -0.3 is 14.2 Å². The highest BCUT2D eigenvalue weighted by Crippen LogP contribution is 2.25. The molecule has 0 saturated heterocycles. The quantitative estimate of drug-likeness (QED) is 0.525. The summed E-state index contributed by atoms with van der Waals surface area (Å²) in [4.78, 5) is 40.3. The lowest BCUT2D eigenvalue weighted by Crippen LogP contribution is -2.44. The summed E-state index contributed by atoms with van der Waals surface area (Å²) in [6, 6.07) is 6.68. The molecule has 1 amide bonds. The van der Waals surface area contributed by atoms with Crippen LogP contribution in [0.4, 0.5) is 0 Å². The van der Waals surface area contributed by atoms with E-state index in [0.717, 1.165) is 12.0 Å². The normalized spacial score (nSPS) is 11.8. The first-order valence-corrected chi connectivity index (χ1v) is 9.81. The molecule has 6 heteroatoms. The maximum atomic E-state index is 13.4. The van der Waals surface area contributed by atoms with Crippen LogP contribution in [0.2, 0.25) is 0 Å². The van der Waals surface area contributed by atoms with E-state index in [4.69, 9.17) is 4.74 Å². The summed E-state index contributed by atoms with van der Waals surface area (Å²) in [7, 11) is 3.05. The maximum Gasteiger partial charge on any atom is 0.354 e. The summed E-state index contributed by atoms with van der Waals surface area (Å²) in [5.74, 6) is -0.840. The summed E-state index contributed by atoms with van der Waals surface area (Å²) in [6.07, 6.45) is 0.732. The number of carbonyl (C=O) groups excluding carboxylic acids is 3. The van der Waals surface area contributed by atoms with E-state index in [2.05, 4.69) is 0 Å². The minimum Gasteiger partial charge on any atom is -0.464 e. The van der Waals surface area contributed by atoms with Crippen molar-refractivity contribution >= 4 is 17.7 Å². The first-order valence-electron chi connectivity index (χ1n) is 9.81. The summed E-state index contributed by atoms with van der Waals surface area (Å²) in [5.41, 5.74) is 3.71. The molecule has 1 aromatic carbocycles. The standard InChI is InChI=1S/C23H30N2O4/c1-8-13-25(22(27)18-11-9-14(2)10-12-18)17(5)21(26)19-15(3)20(23(28)29-7)24(6)16(19)4/h9-12,17H,8,13H2,1-7H3. The van der Waals surface area contributed by atoms with Gasteiger partial charge in [0.25, 0.3) is 5.91 Å². The fourth-order valence-electron chi connectivity index (χ4n) is 3.65. The van der Waals surface area contributed by atoms with Crippen LogP contribution >= 0.6 is 0 Å². The summed E-state index contributed by atoms with van der Waals surface area (Å²) >= 11 is 0. The molecule has 0 N–H and O–H groups in total. The number of rotatable bonds is 7. The Morgan fingerprint density at radius 3 is 2.21 bits per heavy atom. The smallest absolute Gasteiger partial charge is 0.354 e. The van der Waals surface area contributed by atoms with Gasteiger partial charge in [-0.15, -0.1) is 0 Å². The van der Waals surface area contributed by atoms with Gasteiger partial charge in [-0.05, 0) is 51.8 Å². The van der Waals surface area contributed by atoms with Crippen molar-refractivity contribution in [3.63, 3.8) is 0 Å². The van der Waals surface area contributed by atoms with E-state index < -0.39 is 12.0 Å². The molecule has 1 heterocycles. The van der Waals surface area contributed by atoms with Crippen LogP contribution in [0.15, 0.2) is 24.3 Å². The Morgan fingerprint density at radius 2 is 1.69 bits per heavy atom. The molecular weight excluding hydrogens is 368 g/mol. The molecule has 6 nitrogen and oxygen atoms in total. The minimum absolute atomic E-state index is 0.174. The third-order valence-corrected chi connectivity index (χ3v) is 5.43. The molecule has 0 bridgehead atoms. The van der Waals surface area contributed by atoms with Crippen molar-refractivity contribution in [2.24, 2.45) is 7.05 Å². The van der Waals surface area contributed by atoms with Gasteiger partial charge in [-0.1, -0.05) is 24.6 Å². The van der Waals surface area contributed by atoms with Crippen LogP contribution in [0, 0.1) is 20.8 Å². The number of aromatic nitrogens is 1. The van der Waals surface area contributed by atoms with Gasteiger partial charge >= 0.3 is 5.97 Å². The lowest BCUT2D eigenvalue weighted by molar-refractivity contribution is 0.0588. The number of hydrogen-bond donors (Lipinski definition) is 0. The fraction of sp³-hybridized carbons (Fsp3) is 0.435. The van der Waals surface area contributed by atoms with Crippen molar-refractivity contribution in [3.05, 3.63) is 57.9 Å². The molecule has 1 atom stereocenters. The number of benzene rings is 1. The van der Waals surface area contributed by atoms with Crippen molar-refractivity contribution in [1.82, 2.24) is 9.47 Å². The lowest BCUT2D eigenvalue weighted by Gasteiger charge is -2.28. The van der Waals surface area contributed by atoms with Crippen LogP contribution in [-0.2, 0) is 11.8 Å². The fourth-order valence-corrected chi connectivity index (χ4v) is 3.65. The molecule has 156 valence electrons. The van der Waals surface area contributed by atoms with Crippen LogP contribution in [0.5, 0.6) is 0 Å². The van der Waals surface area contributed by atoms with E-state index in [-0.39, 0.29) is 11.7 Å². The topological polar surface area (TPSA) is 68.6 Å². The zero-order valence-corrected chi connectivity index (χ0v) is 18.3. The third kappa shape index (κ3) is 4.26. The minimum atomic E-state index is -0.658. The molecule has 0 aliphatic heterocycles. The average Bonchev–Trinajstić information content (AvgIpc) is 2.93. The second-order valence-corrected chi connectivity index (χ2v) is 7.39. The Kier molecular flexibility index (Phi) is 7.01. The van der Waals surface area contributed by atoms with Gasteiger partial charge in [0.05, 0.1) is 13.2 Å². The number of aryl methyl sites for hydroxylation is 1. The second-order valence-electron chi connectivity index (χ2n) is 7.39. The molecule has 0 spiro atoms. The Labute approximate surface area is 172 Å². The molecule has 2 rings (SSSR count). The molecule has 0 radical (unpaired) electrons. The number of ketones is 1. The second kappa shape index (κ2) is 9.07. The molecule has 0 fully saturated rings. The summed E-state index contributed by atoms with van der Waals surface area (Å²) in [6.45, 7) is 9.68. The van der Waals surface area contributed by atoms with E-state index in [1.807, 2.05) is 26.0 Å². The number of ether oxygens (including phenoxy) is 1. The lowest BCUT2D eigenvalue weighted by atomic mass is 9.99. The van der Waals surface area contributed by atoms with Gasteiger partial charge in [0.2, 0.25) is 0 Å². The van der Waals surface area contributed by atoms with Crippen LogP contribution in [-0.4, -0.2) is 46.8 Å². The first-order chi connectivity index (χ1) is 13.6. The van der Waals surface area contributed by atoms with E-state index in [1.165, 1.54) is 7.11 Å². The average molecular weight is 399 g/mol. The van der Waals surface area contributed by atoms with Crippen molar-refractivity contribution in [3.8, 4) is 0 Å². The summed E-state index contributed by atoms with van der Waals surface area (Å²) < 4.78 is 6.54. The number of methoxy groups -OCH3 is 1. The molecule has 2 aromatic rings. The van der Waals surface area contributed by atoms with Crippen LogP contribution in [0.1, 0.15) is 68.3 Å². The predicted molar refractivity (Wildman–Crippen MR) is 113 cm³/mol. The Morgan fingerprint density at radius 1 is 1.10 bits per heavy atom. The molecule has 0 aliphatic carbocycles. The zero-order chi connectivity index (χ0) is 21.9. The largest absolute Gasteiger partial charge is 0.464 e. The zero-order valence-electron chi connectivity index (χ0n) is 18.3. The van der Waals surface area contributed by atoms with Gasteiger partial charge in [0, 0.05) is 30.4 Å². The van der Waals surface area contributed by atoms with Crippen LogP contribution < -0.4 is 0 Å². The van der Waals surface area contributed by atoms with Crippen LogP contribution in [0.25, 0.3) is 0 Å². The highest BCUT2D eigenvalue weighted by atomic mass is 16.5. The van der Waals surface area contributed by atoms with Gasteiger partial charge in [0.1, 0.15) is 5.69 Å². The molecule has 1 aromatic heterocycles. The monoisotopic (exact) mass is 398 g/mol. The van der Waals surface area contributed by atoms with Gasteiger partial charge in [0.15, 0.2) is 5.78 Å². The van der Waals surface area contributed by atoms with E-state index in [1.54, 1.807) is 49.4 Å². The number of amides is 1. The number of esters is 1. The van der Waals surface area contributed by atoms with E-state index in [0.29, 0.717) is 34.6 Å². The summed E-state index contributed by atoms with van der Waals surface area (Å²) in [5, 5.41) is 0. The van der Waals surface area contributed by atoms with E-state index in [9.17, 15) is 14.4 Å².